The predicted molar refractivity (Wildman–Crippen MR) is 89.9 cm³/mol. The maximum absolute atomic E-state index is 10.2. The van der Waals surface area contributed by atoms with Crippen molar-refractivity contribution in [2.24, 2.45) is 0 Å². The third-order valence-corrected chi connectivity index (χ3v) is 5.51. The monoisotopic (exact) mass is 316 g/mol. The number of hydrogen-bond donors (Lipinski definition) is 1. The van der Waals surface area contributed by atoms with E-state index in [0.717, 1.165) is 55.3 Å². The van der Waals surface area contributed by atoms with Crippen LogP contribution >= 0.6 is 11.3 Å². The SMILES string of the molecule is CN1CCN(CCc2c(O)nc3sc4ccccc4n23)CC1. The number of nitrogens with zero attached hydrogens (tertiary/aromatic N) is 4. The second kappa shape index (κ2) is 5.53. The van der Waals surface area contributed by atoms with E-state index in [4.69, 9.17) is 0 Å². The fourth-order valence-corrected chi connectivity index (χ4v) is 4.16. The molecular formula is C16H20N4OS. The van der Waals surface area contributed by atoms with E-state index in [-0.39, 0.29) is 5.88 Å². The molecule has 22 heavy (non-hydrogen) atoms. The van der Waals surface area contributed by atoms with Gasteiger partial charge in [0.05, 0.1) is 15.9 Å². The van der Waals surface area contributed by atoms with Crippen molar-refractivity contribution in [3.63, 3.8) is 0 Å². The first-order chi connectivity index (χ1) is 10.7. The molecule has 0 atom stereocenters. The van der Waals surface area contributed by atoms with Gasteiger partial charge in [0.2, 0.25) is 5.88 Å². The fraction of sp³-hybridized carbons (Fsp3) is 0.438. The lowest BCUT2D eigenvalue weighted by atomic mass is 10.2. The number of piperazine rings is 1. The number of likely N-dealkylation sites (N-methyl/N-ethyl adjacent to an activating group) is 1. The Morgan fingerprint density at radius 1 is 1.18 bits per heavy atom. The third kappa shape index (κ3) is 2.37. The highest BCUT2D eigenvalue weighted by Crippen LogP contribution is 2.31. The molecular weight excluding hydrogens is 296 g/mol. The molecule has 0 amide bonds. The molecule has 1 fully saturated rings. The van der Waals surface area contributed by atoms with Crippen LogP contribution in [0.4, 0.5) is 0 Å². The van der Waals surface area contributed by atoms with Crippen LogP contribution in [0.1, 0.15) is 5.69 Å². The highest BCUT2D eigenvalue weighted by molar-refractivity contribution is 7.23. The average molecular weight is 316 g/mol. The van der Waals surface area contributed by atoms with Gasteiger partial charge in [0.15, 0.2) is 4.96 Å². The zero-order valence-electron chi connectivity index (χ0n) is 12.7. The summed E-state index contributed by atoms with van der Waals surface area (Å²) in [5, 5.41) is 10.2. The van der Waals surface area contributed by atoms with Crippen molar-refractivity contribution < 1.29 is 5.11 Å². The third-order valence-electron chi connectivity index (χ3n) is 4.49. The fourth-order valence-electron chi connectivity index (χ4n) is 3.12. The lowest BCUT2D eigenvalue weighted by Gasteiger charge is -2.32. The Bertz CT molecular complexity index is 801. The number of thiazole rings is 1. The van der Waals surface area contributed by atoms with Gasteiger partial charge in [-0.3, -0.25) is 4.40 Å². The van der Waals surface area contributed by atoms with Gasteiger partial charge in [-0.2, -0.15) is 4.98 Å². The minimum Gasteiger partial charge on any atom is -0.492 e. The van der Waals surface area contributed by atoms with Gasteiger partial charge < -0.3 is 14.9 Å². The van der Waals surface area contributed by atoms with Crippen molar-refractivity contribution in [2.75, 3.05) is 39.8 Å². The number of hydrogen-bond acceptors (Lipinski definition) is 5. The van der Waals surface area contributed by atoms with E-state index in [1.54, 1.807) is 11.3 Å². The van der Waals surface area contributed by atoms with Crippen LogP contribution < -0.4 is 0 Å². The van der Waals surface area contributed by atoms with Crippen molar-refractivity contribution in [3.05, 3.63) is 30.0 Å². The summed E-state index contributed by atoms with van der Waals surface area (Å²) >= 11 is 1.63. The Balaban J connectivity index is 1.62. The molecule has 2 aromatic heterocycles. The first kappa shape index (κ1) is 14.0. The van der Waals surface area contributed by atoms with Crippen molar-refractivity contribution in [2.45, 2.75) is 6.42 Å². The van der Waals surface area contributed by atoms with Crippen molar-refractivity contribution >= 4 is 26.5 Å². The van der Waals surface area contributed by atoms with Gasteiger partial charge in [-0.15, -0.1) is 0 Å². The molecule has 1 aliphatic heterocycles. The van der Waals surface area contributed by atoms with Gasteiger partial charge in [-0.1, -0.05) is 23.5 Å². The van der Waals surface area contributed by atoms with Gasteiger partial charge in [-0.25, -0.2) is 0 Å². The summed E-state index contributed by atoms with van der Waals surface area (Å²) in [4.78, 5) is 10.0. The molecule has 0 saturated carbocycles. The largest absolute Gasteiger partial charge is 0.492 e. The van der Waals surface area contributed by atoms with Crippen LogP contribution in [0, 0.1) is 0 Å². The van der Waals surface area contributed by atoms with E-state index in [2.05, 4.69) is 38.4 Å². The number of aromatic hydroxyl groups is 1. The zero-order chi connectivity index (χ0) is 15.1. The molecule has 4 rings (SSSR count). The highest BCUT2D eigenvalue weighted by atomic mass is 32.1. The van der Waals surface area contributed by atoms with Gasteiger partial charge in [0.1, 0.15) is 0 Å². The van der Waals surface area contributed by atoms with Crippen LogP contribution in [0.25, 0.3) is 15.2 Å². The minimum absolute atomic E-state index is 0.186. The maximum Gasteiger partial charge on any atom is 0.234 e. The first-order valence-electron chi connectivity index (χ1n) is 7.71. The standard InChI is InChI=1S/C16H20N4OS/c1-18-8-10-19(11-9-18)7-6-13-15(21)17-16-20(13)12-4-2-3-5-14(12)22-16/h2-5,21H,6-11H2,1H3. The van der Waals surface area contributed by atoms with Gasteiger partial charge in [0.25, 0.3) is 0 Å². The van der Waals surface area contributed by atoms with Crippen LogP contribution in [0.3, 0.4) is 0 Å². The summed E-state index contributed by atoms with van der Waals surface area (Å²) in [6, 6.07) is 8.28. The summed E-state index contributed by atoms with van der Waals surface area (Å²) in [7, 11) is 2.17. The number of imidazole rings is 1. The van der Waals surface area contributed by atoms with Crippen LogP contribution in [-0.4, -0.2) is 64.1 Å². The molecule has 116 valence electrons. The first-order valence-corrected chi connectivity index (χ1v) is 8.53. The number of para-hydroxylation sites is 1. The smallest absolute Gasteiger partial charge is 0.234 e. The van der Waals surface area contributed by atoms with E-state index in [9.17, 15) is 5.11 Å². The highest BCUT2D eigenvalue weighted by Gasteiger charge is 2.18. The summed E-state index contributed by atoms with van der Waals surface area (Å²) < 4.78 is 3.33. The average Bonchev–Trinajstić information content (AvgIpc) is 3.02. The predicted octanol–water partition coefficient (Wildman–Crippen LogP) is 2.04. The normalized spacial score (nSPS) is 17.7. The number of benzene rings is 1. The molecule has 0 aliphatic carbocycles. The molecule has 3 heterocycles. The molecule has 0 spiro atoms. The van der Waals surface area contributed by atoms with Crippen molar-refractivity contribution in [3.8, 4) is 5.88 Å². The van der Waals surface area contributed by atoms with Crippen LogP contribution in [0.5, 0.6) is 5.88 Å². The molecule has 0 radical (unpaired) electrons. The second-order valence-corrected chi connectivity index (χ2v) is 6.97. The quantitative estimate of drug-likeness (QED) is 0.803. The van der Waals surface area contributed by atoms with Crippen LogP contribution in [0.2, 0.25) is 0 Å². The Hall–Kier alpha value is -1.63. The molecule has 1 saturated heterocycles. The van der Waals surface area contributed by atoms with Crippen molar-refractivity contribution in [1.29, 1.82) is 0 Å². The molecule has 3 aromatic rings. The lowest BCUT2D eigenvalue weighted by molar-refractivity contribution is 0.155. The summed E-state index contributed by atoms with van der Waals surface area (Å²) in [6.45, 7) is 5.41. The van der Waals surface area contributed by atoms with E-state index in [1.165, 1.54) is 4.70 Å². The number of rotatable bonds is 3. The van der Waals surface area contributed by atoms with Crippen molar-refractivity contribution in [1.82, 2.24) is 19.2 Å². The Morgan fingerprint density at radius 3 is 2.77 bits per heavy atom. The van der Waals surface area contributed by atoms with Crippen LogP contribution in [-0.2, 0) is 6.42 Å². The molecule has 1 N–H and O–H groups in total. The number of aromatic nitrogens is 2. The topological polar surface area (TPSA) is 44.0 Å². The maximum atomic E-state index is 10.2. The Morgan fingerprint density at radius 2 is 1.95 bits per heavy atom. The summed E-state index contributed by atoms with van der Waals surface area (Å²) in [5.74, 6) is 0.186. The molecule has 1 aliphatic rings. The molecule has 5 nitrogen and oxygen atoms in total. The minimum atomic E-state index is 0.186. The van der Waals surface area contributed by atoms with E-state index < -0.39 is 0 Å². The molecule has 6 heteroatoms. The summed E-state index contributed by atoms with van der Waals surface area (Å²) in [5.41, 5.74) is 2.08. The van der Waals surface area contributed by atoms with Crippen LogP contribution in [0.15, 0.2) is 24.3 Å². The Kier molecular flexibility index (Phi) is 3.52. The molecule has 1 aromatic carbocycles. The molecule has 0 unspecified atom stereocenters. The molecule has 0 bridgehead atoms. The van der Waals surface area contributed by atoms with Gasteiger partial charge in [-0.05, 0) is 19.2 Å². The zero-order valence-corrected chi connectivity index (χ0v) is 13.5. The summed E-state index contributed by atoms with van der Waals surface area (Å²) in [6.07, 6.45) is 0.831. The second-order valence-electron chi connectivity index (χ2n) is 5.96. The van der Waals surface area contributed by atoms with Gasteiger partial charge >= 0.3 is 0 Å². The Labute approximate surface area is 133 Å². The lowest BCUT2D eigenvalue weighted by Crippen LogP contribution is -2.45. The number of fused-ring (bicyclic) bond motifs is 3. The van der Waals surface area contributed by atoms with E-state index in [1.807, 2.05) is 12.1 Å². The van der Waals surface area contributed by atoms with E-state index >= 15 is 0 Å². The van der Waals surface area contributed by atoms with E-state index in [0.29, 0.717) is 0 Å². The van der Waals surface area contributed by atoms with Gasteiger partial charge in [0, 0.05) is 39.1 Å².